The molecule has 2 aromatic rings. The predicted molar refractivity (Wildman–Crippen MR) is 94.9 cm³/mol. The summed E-state index contributed by atoms with van der Waals surface area (Å²) in [5.74, 6) is -0.689. The van der Waals surface area contributed by atoms with E-state index in [0.29, 0.717) is 6.20 Å². The van der Waals surface area contributed by atoms with Crippen molar-refractivity contribution in [3.8, 4) is 0 Å². The molecule has 0 aliphatic carbocycles. The second-order valence-electron chi connectivity index (χ2n) is 6.96. The summed E-state index contributed by atoms with van der Waals surface area (Å²) in [5.41, 5.74) is -1.35. The second-order valence-corrected chi connectivity index (χ2v) is 6.96. The van der Waals surface area contributed by atoms with Gasteiger partial charge in [-0.25, -0.2) is 14.6 Å². The number of halogens is 3. The lowest BCUT2D eigenvalue weighted by Gasteiger charge is -2.20. The molecular formula is C18H22F3N3O4. The van der Waals surface area contributed by atoms with Crippen LogP contribution in [0.5, 0.6) is 0 Å². The lowest BCUT2D eigenvalue weighted by molar-refractivity contribution is -0.137. The van der Waals surface area contributed by atoms with E-state index in [-0.39, 0.29) is 36.4 Å². The third kappa shape index (κ3) is 5.37. The van der Waals surface area contributed by atoms with Gasteiger partial charge in [0, 0.05) is 24.7 Å². The fraction of sp³-hybridized carbons (Fsp3) is 0.500. The van der Waals surface area contributed by atoms with Gasteiger partial charge in [0.05, 0.1) is 12.2 Å². The zero-order valence-corrected chi connectivity index (χ0v) is 16.0. The Bertz CT molecular complexity index is 869. The third-order valence-corrected chi connectivity index (χ3v) is 3.55. The van der Waals surface area contributed by atoms with Crippen LogP contribution in [0.1, 0.15) is 43.7 Å². The topological polar surface area (TPSA) is 82.5 Å². The van der Waals surface area contributed by atoms with Crippen LogP contribution >= 0.6 is 0 Å². The van der Waals surface area contributed by atoms with Crippen molar-refractivity contribution < 1.29 is 32.2 Å². The van der Waals surface area contributed by atoms with E-state index >= 15 is 0 Å². The number of nitrogens with zero attached hydrogens (tertiary/aromatic N) is 2. The summed E-state index contributed by atoms with van der Waals surface area (Å²) in [7, 11) is 0. The van der Waals surface area contributed by atoms with Gasteiger partial charge in [0.25, 0.3) is 0 Å². The fourth-order valence-corrected chi connectivity index (χ4v) is 2.49. The molecule has 28 heavy (non-hydrogen) atoms. The quantitative estimate of drug-likeness (QED) is 0.772. The lowest BCUT2D eigenvalue weighted by atomic mass is 10.2. The van der Waals surface area contributed by atoms with Crippen molar-refractivity contribution in [3.05, 3.63) is 29.6 Å². The highest BCUT2D eigenvalue weighted by atomic mass is 19.4. The summed E-state index contributed by atoms with van der Waals surface area (Å²) >= 11 is 0. The molecule has 0 bridgehead atoms. The number of ether oxygens (including phenoxy) is 2. The summed E-state index contributed by atoms with van der Waals surface area (Å²) in [6.45, 7) is 7.04. The number of rotatable bonds is 5. The number of pyridine rings is 1. The van der Waals surface area contributed by atoms with Gasteiger partial charge >= 0.3 is 18.2 Å². The molecule has 2 rings (SSSR count). The number of carbonyl (C=O) groups is 2. The van der Waals surface area contributed by atoms with Gasteiger partial charge in [-0.2, -0.15) is 13.2 Å². The smallest absolute Gasteiger partial charge is 0.417 e. The summed E-state index contributed by atoms with van der Waals surface area (Å²) in [6.07, 6.45) is -4.49. The number of alkyl carbamates (subject to hydrolysis) is 1. The van der Waals surface area contributed by atoms with E-state index < -0.39 is 29.4 Å². The Kier molecular flexibility index (Phi) is 6.20. The molecule has 0 aromatic carbocycles. The van der Waals surface area contributed by atoms with Crippen molar-refractivity contribution in [2.45, 2.75) is 46.0 Å². The van der Waals surface area contributed by atoms with E-state index in [9.17, 15) is 22.8 Å². The fourth-order valence-electron chi connectivity index (χ4n) is 2.49. The Labute approximate surface area is 159 Å². The van der Waals surface area contributed by atoms with Crippen LogP contribution in [0.3, 0.4) is 0 Å². The molecule has 0 fully saturated rings. The molecule has 0 saturated carbocycles. The van der Waals surface area contributed by atoms with Gasteiger partial charge in [-0.3, -0.25) is 0 Å². The van der Waals surface area contributed by atoms with Crippen LogP contribution in [0.25, 0.3) is 11.0 Å². The van der Waals surface area contributed by atoms with Crippen LogP contribution in [0.15, 0.2) is 18.3 Å². The van der Waals surface area contributed by atoms with Gasteiger partial charge < -0.3 is 19.4 Å². The highest BCUT2D eigenvalue weighted by molar-refractivity contribution is 5.94. The molecule has 1 N–H and O–H groups in total. The van der Waals surface area contributed by atoms with Crippen molar-refractivity contribution in [2.75, 3.05) is 13.2 Å². The van der Waals surface area contributed by atoms with Gasteiger partial charge in [-0.15, -0.1) is 0 Å². The Hall–Kier alpha value is -2.78. The summed E-state index contributed by atoms with van der Waals surface area (Å²) in [4.78, 5) is 27.8. The lowest BCUT2D eigenvalue weighted by Crippen LogP contribution is -2.34. The van der Waals surface area contributed by atoms with Crippen LogP contribution in [0.2, 0.25) is 0 Å². The maximum Gasteiger partial charge on any atom is 0.417 e. The van der Waals surface area contributed by atoms with E-state index in [1.54, 1.807) is 27.7 Å². The predicted octanol–water partition coefficient (Wildman–Crippen LogP) is 3.76. The Balaban J connectivity index is 2.29. The second kappa shape index (κ2) is 8.07. The monoisotopic (exact) mass is 401 g/mol. The maximum atomic E-state index is 12.9. The summed E-state index contributed by atoms with van der Waals surface area (Å²) in [6, 6.07) is 2.21. The average Bonchev–Trinajstić information content (AvgIpc) is 2.91. The number of fused-ring (bicyclic) bond motifs is 1. The normalized spacial score (nSPS) is 12.1. The van der Waals surface area contributed by atoms with Crippen LogP contribution in [0, 0.1) is 0 Å². The van der Waals surface area contributed by atoms with Crippen LogP contribution in [-0.2, 0) is 22.2 Å². The molecule has 0 saturated heterocycles. The number of esters is 1. The molecule has 0 atom stereocenters. The standard InChI is InChI=1S/C18H22F3N3O4/c1-5-27-15(25)13-9-11-8-12(18(19,20)21)10-23-14(11)24(13)7-6-22-16(26)28-17(2,3)4/h8-10H,5-7H2,1-4H3,(H,22,26). The molecule has 0 aliphatic rings. The SMILES string of the molecule is CCOC(=O)c1cc2cc(C(F)(F)F)cnc2n1CCNC(=O)OC(C)(C)C. The molecule has 2 aromatic heterocycles. The molecule has 154 valence electrons. The Morgan fingerprint density at radius 2 is 1.89 bits per heavy atom. The number of carbonyl (C=O) groups excluding carboxylic acids is 2. The van der Waals surface area contributed by atoms with E-state index in [2.05, 4.69) is 10.3 Å². The highest BCUT2D eigenvalue weighted by Crippen LogP contribution is 2.31. The molecule has 0 spiro atoms. The van der Waals surface area contributed by atoms with Crippen LogP contribution in [0.4, 0.5) is 18.0 Å². The molecule has 0 unspecified atom stereocenters. The third-order valence-electron chi connectivity index (χ3n) is 3.55. The Morgan fingerprint density at radius 1 is 1.21 bits per heavy atom. The Morgan fingerprint density at radius 3 is 2.46 bits per heavy atom. The minimum atomic E-state index is -4.55. The van der Waals surface area contributed by atoms with Gasteiger partial charge in [0.15, 0.2) is 0 Å². The maximum absolute atomic E-state index is 12.9. The minimum absolute atomic E-state index is 0.0506. The number of hydrogen-bond donors (Lipinski definition) is 1. The van der Waals surface area contributed by atoms with E-state index in [1.807, 2.05) is 0 Å². The minimum Gasteiger partial charge on any atom is -0.461 e. The molecule has 1 amide bonds. The van der Waals surface area contributed by atoms with Crippen molar-refractivity contribution in [2.24, 2.45) is 0 Å². The number of alkyl halides is 3. The molecule has 0 aliphatic heterocycles. The summed E-state index contributed by atoms with van der Waals surface area (Å²) < 4.78 is 50.3. The highest BCUT2D eigenvalue weighted by Gasteiger charge is 2.32. The van der Waals surface area contributed by atoms with Crippen LogP contribution < -0.4 is 5.32 Å². The number of amides is 1. The van der Waals surface area contributed by atoms with Crippen molar-refractivity contribution in [3.63, 3.8) is 0 Å². The van der Waals surface area contributed by atoms with Gasteiger partial charge in [0.2, 0.25) is 0 Å². The molecule has 10 heteroatoms. The first kappa shape index (κ1) is 21.5. The van der Waals surface area contributed by atoms with E-state index in [1.165, 1.54) is 10.6 Å². The van der Waals surface area contributed by atoms with Crippen molar-refractivity contribution in [1.82, 2.24) is 14.9 Å². The number of aromatic nitrogens is 2. The van der Waals surface area contributed by atoms with Crippen molar-refractivity contribution >= 4 is 23.1 Å². The van der Waals surface area contributed by atoms with E-state index in [0.717, 1.165) is 6.07 Å². The molecule has 0 radical (unpaired) electrons. The first-order chi connectivity index (χ1) is 12.9. The molecule has 2 heterocycles. The molecule has 7 nitrogen and oxygen atoms in total. The average molecular weight is 401 g/mol. The van der Waals surface area contributed by atoms with E-state index in [4.69, 9.17) is 9.47 Å². The van der Waals surface area contributed by atoms with Crippen LogP contribution in [-0.4, -0.2) is 40.4 Å². The number of hydrogen-bond acceptors (Lipinski definition) is 5. The van der Waals surface area contributed by atoms with Gasteiger partial charge in [-0.1, -0.05) is 0 Å². The zero-order valence-electron chi connectivity index (χ0n) is 16.0. The first-order valence-corrected chi connectivity index (χ1v) is 8.63. The summed E-state index contributed by atoms with van der Waals surface area (Å²) in [5, 5.41) is 2.68. The van der Waals surface area contributed by atoms with Gasteiger partial charge in [-0.05, 0) is 39.8 Å². The van der Waals surface area contributed by atoms with Crippen molar-refractivity contribution in [1.29, 1.82) is 0 Å². The first-order valence-electron chi connectivity index (χ1n) is 8.63. The zero-order chi connectivity index (χ0) is 21.1. The van der Waals surface area contributed by atoms with Gasteiger partial charge in [0.1, 0.15) is 16.9 Å². The molecular weight excluding hydrogens is 379 g/mol. The largest absolute Gasteiger partial charge is 0.461 e. The number of nitrogens with one attached hydrogen (secondary N) is 1.